The molecule has 1 aromatic carbocycles. The van der Waals surface area contributed by atoms with Crippen LogP contribution in [0.25, 0.3) is 0 Å². The lowest BCUT2D eigenvalue weighted by atomic mass is 10.1. The Kier molecular flexibility index (Phi) is 5.03. The second kappa shape index (κ2) is 7.19. The lowest BCUT2D eigenvalue weighted by Gasteiger charge is -2.28. The molecule has 1 aliphatic rings. The number of aromatic nitrogens is 2. The molecule has 0 radical (unpaired) electrons. The largest absolute Gasteiger partial charge is 0.497 e. The van der Waals surface area contributed by atoms with Crippen LogP contribution in [0.15, 0.2) is 29.6 Å². The fourth-order valence-electron chi connectivity index (χ4n) is 2.84. The van der Waals surface area contributed by atoms with Crippen molar-refractivity contribution in [1.29, 1.82) is 0 Å². The summed E-state index contributed by atoms with van der Waals surface area (Å²) in [6, 6.07) is 5.92. The van der Waals surface area contributed by atoms with Gasteiger partial charge in [-0.3, -0.25) is 4.90 Å². The number of methoxy groups -OCH3 is 2. The molecule has 1 aliphatic heterocycles. The molecule has 0 spiro atoms. The van der Waals surface area contributed by atoms with Crippen LogP contribution < -0.4 is 9.47 Å². The molecule has 23 heavy (non-hydrogen) atoms. The van der Waals surface area contributed by atoms with Gasteiger partial charge in [0.1, 0.15) is 11.5 Å². The molecular weight excluding hydrogens is 310 g/mol. The quantitative estimate of drug-likeness (QED) is 0.620. The normalized spacial score (nSPS) is 14.4. The summed E-state index contributed by atoms with van der Waals surface area (Å²) in [6.45, 7) is 2.67. The van der Waals surface area contributed by atoms with Gasteiger partial charge in [-0.25, -0.2) is 9.97 Å². The van der Waals surface area contributed by atoms with Crippen molar-refractivity contribution < 1.29 is 9.47 Å². The summed E-state index contributed by atoms with van der Waals surface area (Å²) in [7, 11) is 3.39. The zero-order valence-electron chi connectivity index (χ0n) is 13.7. The molecule has 0 amide bonds. The van der Waals surface area contributed by atoms with E-state index in [0.717, 1.165) is 48.3 Å². The van der Waals surface area contributed by atoms with Gasteiger partial charge >= 0.3 is 0 Å². The van der Waals surface area contributed by atoms with Crippen LogP contribution in [0.1, 0.15) is 16.8 Å². The van der Waals surface area contributed by atoms with Crippen molar-refractivity contribution >= 4 is 11.8 Å². The molecule has 122 valence electrons. The van der Waals surface area contributed by atoms with Crippen molar-refractivity contribution in [2.75, 3.05) is 27.0 Å². The molecule has 0 aliphatic carbocycles. The molecule has 0 N–H and O–H groups in total. The molecule has 0 unspecified atom stereocenters. The molecule has 6 heteroatoms. The van der Waals surface area contributed by atoms with Crippen molar-refractivity contribution in [3.63, 3.8) is 0 Å². The molecule has 2 aromatic rings. The number of rotatable bonds is 5. The van der Waals surface area contributed by atoms with Gasteiger partial charge in [0.25, 0.3) is 0 Å². The van der Waals surface area contributed by atoms with Crippen molar-refractivity contribution in [2.24, 2.45) is 0 Å². The number of benzene rings is 1. The fourth-order valence-corrected chi connectivity index (χ4v) is 3.20. The van der Waals surface area contributed by atoms with Gasteiger partial charge in [-0.2, -0.15) is 0 Å². The van der Waals surface area contributed by atoms with E-state index in [9.17, 15) is 0 Å². The summed E-state index contributed by atoms with van der Waals surface area (Å²) < 4.78 is 10.8. The van der Waals surface area contributed by atoms with Crippen LogP contribution in [-0.2, 0) is 19.5 Å². The van der Waals surface area contributed by atoms with E-state index in [1.54, 1.807) is 26.0 Å². The number of fused-ring (bicyclic) bond motifs is 1. The summed E-state index contributed by atoms with van der Waals surface area (Å²) in [5.41, 5.74) is 3.53. The molecule has 3 rings (SSSR count). The lowest BCUT2D eigenvalue weighted by Crippen LogP contribution is -2.31. The SMILES string of the molecule is COc1ccc(OC)c(CN2CCc3nc(SC)ncc3C2)c1. The Morgan fingerprint density at radius 3 is 2.87 bits per heavy atom. The zero-order chi connectivity index (χ0) is 16.2. The number of hydrogen-bond acceptors (Lipinski definition) is 6. The maximum atomic E-state index is 5.48. The standard InChI is InChI=1S/C17H21N3O2S/c1-21-14-4-5-16(22-2)12(8-14)10-20-7-6-15-13(11-20)9-18-17(19-15)23-3/h4-5,8-9H,6-7,10-11H2,1-3H3. The Hall–Kier alpha value is -1.79. The average Bonchev–Trinajstić information content (AvgIpc) is 2.61. The van der Waals surface area contributed by atoms with Crippen molar-refractivity contribution in [3.8, 4) is 11.5 Å². The third-order valence-corrected chi connectivity index (χ3v) is 4.62. The fraction of sp³-hybridized carbons (Fsp3) is 0.412. The van der Waals surface area contributed by atoms with E-state index < -0.39 is 0 Å². The minimum Gasteiger partial charge on any atom is -0.497 e. The van der Waals surface area contributed by atoms with Crippen LogP contribution in [-0.4, -0.2) is 41.9 Å². The smallest absolute Gasteiger partial charge is 0.187 e. The molecule has 1 aromatic heterocycles. The molecular formula is C17H21N3O2S. The van der Waals surface area contributed by atoms with Gasteiger partial charge < -0.3 is 9.47 Å². The summed E-state index contributed by atoms with van der Waals surface area (Å²) >= 11 is 1.59. The predicted octanol–water partition coefficient (Wildman–Crippen LogP) is 2.77. The van der Waals surface area contributed by atoms with E-state index in [4.69, 9.17) is 9.47 Å². The molecule has 0 atom stereocenters. The first-order chi connectivity index (χ1) is 11.2. The molecule has 2 heterocycles. The average molecular weight is 331 g/mol. The number of hydrogen-bond donors (Lipinski definition) is 0. The minimum atomic E-state index is 0.824. The van der Waals surface area contributed by atoms with Crippen LogP contribution in [0.5, 0.6) is 11.5 Å². The highest BCUT2D eigenvalue weighted by Crippen LogP contribution is 2.27. The van der Waals surface area contributed by atoms with Crippen molar-refractivity contribution in [3.05, 3.63) is 41.2 Å². The second-order valence-electron chi connectivity index (χ2n) is 5.47. The highest BCUT2D eigenvalue weighted by Gasteiger charge is 2.19. The van der Waals surface area contributed by atoms with Gasteiger partial charge in [-0.05, 0) is 24.5 Å². The van der Waals surface area contributed by atoms with Crippen LogP contribution in [0.3, 0.4) is 0 Å². The van der Waals surface area contributed by atoms with E-state index in [1.165, 1.54) is 11.3 Å². The molecule has 0 saturated heterocycles. The van der Waals surface area contributed by atoms with Gasteiger partial charge in [0, 0.05) is 43.4 Å². The predicted molar refractivity (Wildman–Crippen MR) is 91.2 cm³/mol. The highest BCUT2D eigenvalue weighted by molar-refractivity contribution is 7.98. The Bertz CT molecular complexity index is 694. The van der Waals surface area contributed by atoms with Gasteiger partial charge in [0.05, 0.1) is 19.9 Å². The maximum absolute atomic E-state index is 5.48. The first kappa shape index (κ1) is 16.1. The Balaban J connectivity index is 1.77. The third-order valence-electron chi connectivity index (χ3n) is 4.05. The van der Waals surface area contributed by atoms with Crippen LogP contribution in [0, 0.1) is 0 Å². The minimum absolute atomic E-state index is 0.824. The third kappa shape index (κ3) is 3.59. The Labute approximate surface area is 141 Å². The Morgan fingerprint density at radius 2 is 2.13 bits per heavy atom. The topological polar surface area (TPSA) is 47.5 Å². The maximum Gasteiger partial charge on any atom is 0.187 e. The second-order valence-corrected chi connectivity index (χ2v) is 6.24. The van der Waals surface area contributed by atoms with Crippen LogP contribution in [0.2, 0.25) is 0 Å². The van der Waals surface area contributed by atoms with E-state index in [2.05, 4.69) is 14.9 Å². The highest BCUT2D eigenvalue weighted by atomic mass is 32.2. The van der Waals surface area contributed by atoms with Gasteiger partial charge in [0.15, 0.2) is 5.16 Å². The van der Waals surface area contributed by atoms with Crippen LogP contribution >= 0.6 is 11.8 Å². The first-order valence-corrected chi connectivity index (χ1v) is 8.78. The van der Waals surface area contributed by atoms with Gasteiger partial charge in [0.2, 0.25) is 0 Å². The lowest BCUT2D eigenvalue weighted by molar-refractivity contribution is 0.238. The number of ether oxygens (including phenoxy) is 2. The first-order valence-electron chi connectivity index (χ1n) is 7.55. The molecule has 0 saturated carbocycles. The summed E-state index contributed by atoms with van der Waals surface area (Å²) in [6.07, 6.45) is 4.92. The summed E-state index contributed by atoms with van der Waals surface area (Å²) in [5.74, 6) is 1.75. The zero-order valence-corrected chi connectivity index (χ0v) is 14.5. The van der Waals surface area contributed by atoms with E-state index >= 15 is 0 Å². The number of thioether (sulfide) groups is 1. The van der Waals surface area contributed by atoms with E-state index in [-0.39, 0.29) is 0 Å². The van der Waals surface area contributed by atoms with Gasteiger partial charge in [-0.15, -0.1) is 0 Å². The molecule has 0 fully saturated rings. The monoisotopic (exact) mass is 331 g/mol. The molecule has 5 nitrogen and oxygen atoms in total. The number of nitrogens with zero attached hydrogens (tertiary/aromatic N) is 3. The van der Waals surface area contributed by atoms with Gasteiger partial charge in [-0.1, -0.05) is 11.8 Å². The van der Waals surface area contributed by atoms with E-state index in [0.29, 0.717) is 0 Å². The van der Waals surface area contributed by atoms with E-state index in [1.807, 2.05) is 30.7 Å². The Morgan fingerprint density at radius 1 is 1.26 bits per heavy atom. The van der Waals surface area contributed by atoms with Crippen molar-refractivity contribution in [1.82, 2.24) is 14.9 Å². The summed E-state index contributed by atoms with van der Waals surface area (Å²) in [5, 5.41) is 0.853. The summed E-state index contributed by atoms with van der Waals surface area (Å²) in [4.78, 5) is 11.4. The molecule has 0 bridgehead atoms. The van der Waals surface area contributed by atoms with Crippen LogP contribution in [0.4, 0.5) is 0 Å². The van der Waals surface area contributed by atoms with Crippen molar-refractivity contribution in [2.45, 2.75) is 24.7 Å².